The molecule has 0 saturated heterocycles. The monoisotopic (exact) mass is 357 g/mol. The highest BCUT2D eigenvalue weighted by atomic mass is 32.1. The number of ether oxygens (including phenoxy) is 1. The molecular formula is C20H23NO3S. The van der Waals surface area contributed by atoms with Crippen LogP contribution in [0.1, 0.15) is 51.7 Å². The van der Waals surface area contributed by atoms with Gasteiger partial charge in [0.1, 0.15) is 0 Å². The first-order chi connectivity index (χ1) is 12.1. The Balaban J connectivity index is 1.61. The zero-order valence-corrected chi connectivity index (χ0v) is 15.5. The van der Waals surface area contributed by atoms with Crippen molar-refractivity contribution in [3.8, 4) is 0 Å². The summed E-state index contributed by atoms with van der Waals surface area (Å²) in [5.41, 5.74) is 4.66. The van der Waals surface area contributed by atoms with Gasteiger partial charge in [0.15, 0.2) is 6.61 Å². The molecule has 4 nitrogen and oxygen atoms in total. The summed E-state index contributed by atoms with van der Waals surface area (Å²) in [5.74, 6) is -0.698. The Bertz CT molecular complexity index is 794. The number of para-hydroxylation sites is 1. The Labute approximate surface area is 152 Å². The van der Waals surface area contributed by atoms with E-state index in [4.69, 9.17) is 4.74 Å². The van der Waals surface area contributed by atoms with Crippen LogP contribution in [0.3, 0.4) is 0 Å². The van der Waals surface area contributed by atoms with Crippen LogP contribution in [0.25, 0.3) is 0 Å². The predicted octanol–water partition coefficient (Wildman–Crippen LogP) is 4.29. The summed E-state index contributed by atoms with van der Waals surface area (Å²) < 4.78 is 5.26. The largest absolute Gasteiger partial charge is 0.452 e. The van der Waals surface area contributed by atoms with Crippen LogP contribution in [0.2, 0.25) is 0 Å². The van der Waals surface area contributed by atoms with Gasteiger partial charge in [-0.1, -0.05) is 25.1 Å². The number of carbonyl (C=O) groups excluding carboxylic acids is 2. The van der Waals surface area contributed by atoms with Gasteiger partial charge in [0.05, 0.1) is 5.56 Å². The van der Waals surface area contributed by atoms with E-state index in [1.54, 1.807) is 11.3 Å². The summed E-state index contributed by atoms with van der Waals surface area (Å²) in [4.78, 5) is 25.8. The van der Waals surface area contributed by atoms with Crippen LogP contribution in [0.4, 0.5) is 5.69 Å². The Morgan fingerprint density at radius 2 is 2.04 bits per heavy atom. The van der Waals surface area contributed by atoms with Gasteiger partial charge in [-0.3, -0.25) is 4.79 Å². The third-order valence-corrected chi connectivity index (χ3v) is 5.71. The van der Waals surface area contributed by atoms with E-state index in [0.29, 0.717) is 5.56 Å². The molecule has 1 N–H and O–H groups in total. The van der Waals surface area contributed by atoms with Crippen molar-refractivity contribution in [1.29, 1.82) is 0 Å². The minimum Gasteiger partial charge on any atom is -0.452 e. The normalized spacial score (nSPS) is 13.2. The number of fused-ring (bicyclic) bond motifs is 1. The maximum absolute atomic E-state index is 12.3. The molecule has 1 amide bonds. The average Bonchev–Trinajstić information content (AvgIpc) is 3.05. The van der Waals surface area contributed by atoms with Gasteiger partial charge in [-0.25, -0.2) is 4.79 Å². The second kappa shape index (κ2) is 7.83. The average molecular weight is 357 g/mol. The number of amides is 1. The first-order valence-electron chi connectivity index (χ1n) is 8.74. The van der Waals surface area contributed by atoms with Crippen molar-refractivity contribution in [1.82, 2.24) is 0 Å². The number of hydrogen-bond donors (Lipinski definition) is 1. The Morgan fingerprint density at radius 3 is 2.84 bits per heavy atom. The zero-order chi connectivity index (χ0) is 17.8. The maximum Gasteiger partial charge on any atom is 0.339 e. The second-order valence-corrected chi connectivity index (χ2v) is 7.31. The molecule has 0 bridgehead atoms. The molecule has 3 rings (SSSR count). The number of esters is 1. The fourth-order valence-corrected chi connectivity index (χ4v) is 4.37. The third-order valence-electron chi connectivity index (χ3n) is 4.62. The fraction of sp³-hybridized carbons (Fsp3) is 0.400. The first kappa shape index (κ1) is 17.7. The van der Waals surface area contributed by atoms with Crippen molar-refractivity contribution in [3.05, 3.63) is 50.7 Å². The van der Waals surface area contributed by atoms with Crippen molar-refractivity contribution in [2.75, 3.05) is 11.9 Å². The molecule has 1 aliphatic carbocycles. The number of carbonyl (C=O) groups is 2. The molecule has 1 aliphatic rings. The molecule has 0 aliphatic heterocycles. The fourth-order valence-electron chi connectivity index (χ4n) is 3.25. The van der Waals surface area contributed by atoms with Crippen molar-refractivity contribution in [2.45, 2.75) is 46.0 Å². The van der Waals surface area contributed by atoms with Gasteiger partial charge in [-0.2, -0.15) is 0 Å². The Morgan fingerprint density at radius 1 is 1.24 bits per heavy atom. The van der Waals surface area contributed by atoms with Crippen LogP contribution in [0.15, 0.2) is 23.6 Å². The summed E-state index contributed by atoms with van der Waals surface area (Å²) >= 11 is 1.62. The predicted molar refractivity (Wildman–Crippen MR) is 100 cm³/mol. The summed E-state index contributed by atoms with van der Waals surface area (Å²) in [6.07, 6.45) is 5.09. The lowest BCUT2D eigenvalue weighted by Gasteiger charge is -2.14. The number of anilines is 1. The van der Waals surface area contributed by atoms with Gasteiger partial charge in [0.25, 0.3) is 5.91 Å². The molecule has 5 heteroatoms. The van der Waals surface area contributed by atoms with Crippen LogP contribution in [0.5, 0.6) is 0 Å². The molecule has 1 aromatic carbocycles. The minimum absolute atomic E-state index is 0.263. The van der Waals surface area contributed by atoms with E-state index < -0.39 is 5.97 Å². The van der Waals surface area contributed by atoms with Crippen LogP contribution in [-0.4, -0.2) is 18.5 Å². The molecule has 1 aromatic heterocycles. The highest BCUT2D eigenvalue weighted by Crippen LogP contribution is 2.30. The van der Waals surface area contributed by atoms with Gasteiger partial charge >= 0.3 is 5.97 Å². The van der Waals surface area contributed by atoms with E-state index in [9.17, 15) is 9.59 Å². The Hall–Kier alpha value is -2.14. The Kier molecular flexibility index (Phi) is 5.53. The van der Waals surface area contributed by atoms with Crippen molar-refractivity contribution < 1.29 is 14.3 Å². The summed E-state index contributed by atoms with van der Waals surface area (Å²) in [5, 5.41) is 4.75. The van der Waals surface area contributed by atoms with Crippen LogP contribution in [-0.2, 0) is 28.8 Å². The van der Waals surface area contributed by atoms with Crippen LogP contribution in [0, 0.1) is 6.92 Å². The van der Waals surface area contributed by atoms with Gasteiger partial charge in [-0.15, -0.1) is 11.3 Å². The molecule has 0 saturated carbocycles. The topological polar surface area (TPSA) is 55.4 Å². The number of benzene rings is 1. The molecule has 0 fully saturated rings. The number of aryl methyl sites for hydroxylation is 3. The molecule has 0 spiro atoms. The minimum atomic E-state index is -0.393. The number of rotatable bonds is 5. The van der Waals surface area contributed by atoms with Crippen LogP contribution < -0.4 is 5.32 Å². The lowest BCUT2D eigenvalue weighted by atomic mass is 9.96. The number of nitrogens with one attached hydrogen (secondary N) is 1. The van der Waals surface area contributed by atoms with E-state index >= 15 is 0 Å². The van der Waals surface area contributed by atoms with Gasteiger partial charge in [0, 0.05) is 15.9 Å². The lowest BCUT2D eigenvalue weighted by molar-refractivity contribution is -0.119. The highest BCUT2D eigenvalue weighted by Gasteiger charge is 2.21. The molecule has 1 heterocycles. The molecular weight excluding hydrogens is 334 g/mol. The molecule has 0 atom stereocenters. The molecule has 0 radical (unpaired) electrons. The summed E-state index contributed by atoms with van der Waals surface area (Å²) in [7, 11) is 0. The molecule has 2 aromatic rings. The SMILES string of the molecule is CCc1cccc(C)c1NC(=O)COC(=O)c1csc2c1CCCC2. The third kappa shape index (κ3) is 3.93. The van der Waals surface area contributed by atoms with Gasteiger partial charge < -0.3 is 10.1 Å². The van der Waals surface area contributed by atoms with E-state index in [1.807, 2.05) is 37.4 Å². The first-order valence-corrected chi connectivity index (χ1v) is 9.62. The van der Waals surface area contributed by atoms with Crippen molar-refractivity contribution in [3.63, 3.8) is 0 Å². The van der Waals surface area contributed by atoms with Gasteiger partial charge in [0.2, 0.25) is 0 Å². The van der Waals surface area contributed by atoms with E-state index in [-0.39, 0.29) is 12.5 Å². The van der Waals surface area contributed by atoms with Crippen molar-refractivity contribution >= 4 is 28.9 Å². The standard InChI is InChI=1S/C20H23NO3S/c1-3-14-8-6-7-13(2)19(14)21-18(22)11-24-20(23)16-12-25-17-10-5-4-9-15(16)17/h6-8,12H,3-5,9-11H2,1-2H3,(H,21,22). The van der Waals surface area contributed by atoms with E-state index in [0.717, 1.165) is 48.1 Å². The molecule has 132 valence electrons. The number of thiophene rings is 1. The molecule has 25 heavy (non-hydrogen) atoms. The van der Waals surface area contributed by atoms with Crippen LogP contribution >= 0.6 is 11.3 Å². The quantitative estimate of drug-likeness (QED) is 0.812. The molecule has 0 unspecified atom stereocenters. The lowest BCUT2D eigenvalue weighted by Crippen LogP contribution is -2.22. The smallest absolute Gasteiger partial charge is 0.339 e. The second-order valence-electron chi connectivity index (χ2n) is 6.35. The van der Waals surface area contributed by atoms with Gasteiger partial charge in [-0.05, 0) is 55.7 Å². The zero-order valence-electron chi connectivity index (χ0n) is 14.7. The van der Waals surface area contributed by atoms with Crippen molar-refractivity contribution in [2.24, 2.45) is 0 Å². The van der Waals surface area contributed by atoms with E-state index in [1.165, 1.54) is 11.3 Å². The summed E-state index contributed by atoms with van der Waals surface area (Å²) in [6, 6.07) is 5.92. The van der Waals surface area contributed by atoms with E-state index in [2.05, 4.69) is 5.32 Å². The number of hydrogen-bond acceptors (Lipinski definition) is 4. The summed E-state index contributed by atoms with van der Waals surface area (Å²) in [6.45, 7) is 3.74. The highest BCUT2D eigenvalue weighted by molar-refractivity contribution is 7.10. The maximum atomic E-state index is 12.3.